The van der Waals surface area contributed by atoms with E-state index in [-0.39, 0.29) is 0 Å². The highest BCUT2D eigenvalue weighted by Gasteiger charge is 2.51. The van der Waals surface area contributed by atoms with Crippen LogP contribution in [0.1, 0.15) is 22.3 Å². The number of para-hydroxylation sites is 5. The second-order valence-electron chi connectivity index (χ2n) is 17.7. The van der Waals surface area contributed by atoms with E-state index in [1.54, 1.807) is 0 Å². The maximum Gasteiger partial charge on any atom is 0.0756 e. The van der Waals surface area contributed by atoms with E-state index in [9.17, 15) is 0 Å². The number of anilines is 6. The van der Waals surface area contributed by atoms with E-state index in [0.717, 1.165) is 34.1 Å². The number of fused-ring (bicyclic) bond motifs is 14. The summed E-state index contributed by atoms with van der Waals surface area (Å²) in [6.45, 7) is 0. The summed E-state index contributed by atoms with van der Waals surface area (Å²) < 4.78 is 2.53. The van der Waals surface area contributed by atoms with Crippen LogP contribution in [-0.2, 0) is 5.41 Å². The van der Waals surface area contributed by atoms with Gasteiger partial charge in [-0.05, 0) is 140 Å². The van der Waals surface area contributed by atoms with E-state index >= 15 is 0 Å². The highest BCUT2D eigenvalue weighted by Crippen LogP contribution is 2.62. The van der Waals surface area contributed by atoms with Crippen molar-refractivity contribution < 1.29 is 0 Å². The van der Waals surface area contributed by atoms with Crippen molar-refractivity contribution in [1.82, 2.24) is 4.57 Å². The zero-order valence-electron chi connectivity index (χ0n) is 36.0. The summed E-state index contributed by atoms with van der Waals surface area (Å²) in [6.07, 6.45) is 0. The second-order valence-corrected chi connectivity index (χ2v) is 17.7. The van der Waals surface area contributed by atoms with Gasteiger partial charge in [-0.3, -0.25) is 0 Å². The molecule has 0 bridgehead atoms. The average Bonchev–Trinajstić information content (AvgIpc) is 3.87. The molecule has 14 rings (SSSR count). The molecule has 3 heteroatoms. The molecule has 308 valence electrons. The van der Waals surface area contributed by atoms with Gasteiger partial charge in [-0.25, -0.2) is 0 Å². The molecule has 3 nitrogen and oxygen atoms in total. The summed E-state index contributed by atoms with van der Waals surface area (Å²) >= 11 is 0. The van der Waals surface area contributed by atoms with Crippen molar-refractivity contribution >= 4 is 77.5 Å². The lowest BCUT2D eigenvalue weighted by Gasteiger charge is -2.40. The molecule has 0 saturated heterocycles. The fourth-order valence-corrected chi connectivity index (χ4v) is 11.5. The van der Waals surface area contributed by atoms with Gasteiger partial charge in [0.25, 0.3) is 0 Å². The van der Waals surface area contributed by atoms with Crippen LogP contribution in [0.5, 0.6) is 0 Å². The van der Waals surface area contributed by atoms with Gasteiger partial charge in [0.2, 0.25) is 0 Å². The molecule has 1 aliphatic carbocycles. The zero-order valence-corrected chi connectivity index (χ0v) is 36.0. The molecule has 1 aliphatic heterocycles. The lowest BCUT2D eigenvalue weighted by atomic mass is 9.65. The SMILES string of the molecule is c1ccc(N(c2ccc3c(c2)C2(c4cc(N(c5ccccc5)c5ccc6ccccc6c5)ccc4-3)c3ccccc3-n3c4ccccc4c4cccc2c43)c2ccc3ccccc3c2)cc1. The van der Waals surface area contributed by atoms with Crippen molar-refractivity contribution in [3.8, 4) is 16.8 Å². The maximum absolute atomic E-state index is 2.53. The lowest BCUT2D eigenvalue weighted by molar-refractivity contribution is 0.748. The van der Waals surface area contributed by atoms with Crippen molar-refractivity contribution in [1.29, 1.82) is 0 Å². The quantitative estimate of drug-likeness (QED) is 0.165. The first-order valence-electron chi connectivity index (χ1n) is 22.8. The van der Waals surface area contributed by atoms with E-state index in [2.05, 4.69) is 263 Å². The smallest absolute Gasteiger partial charge is 0.0756 e. The molecule has 0 atom stereocenters. The Labute approximate surface area is 383 Å². The first-order chi connectivity index (χ1) is 32.7. The topological polar surface area (TPSA) is 11.4 Å². The number of hydrogen-bond donors (Lipinski definition) is 0. The van der Waals surface area contributed by atoms with E-state index < -0.39 is 5.41 Å². The Hall–Kier alpha value is -8.66. The molecule has 0 amide bonds. The zero-order chi connectivity index (χ0) is 43.3. The van der Waals surface area contributed by atoms with Crippen LogP contribution in [0.15, 0.2) is 249 Å². The van der Waals surface area contributed by atoms with E-state index in [0.29, 0.717) is 0 Å². The third-order valence-electron chi connectivity index (χ3n) is 14.3. The van der Waals surface area contributed by atoms with Crippen LogP contribution in [0.25, 0.3) is 60.2 Å². The number of aromatic nitrogens is 1. The summed E-state index contributed by atoms with van der Waals surface area (Å²) in [5.74, 6) is 0. The molecule has 12 aromatic rings. The summed E-state index contributed by atoms with van der Waals surface area (Å²) in [4.78, 5) is 4.86. The van der Waals surface area contributed by atoms with Crippen molar-refractivity contribution in [2.24, 2.45) is 0 Å². The van der Waals surface area contributed by atoms with Crippen molar-refractivity contribution in [2.45, 2.75) is 5.41 Å². The number of nitrogens with zero attached hydrogens (tertiary/aromatic N) is 3. The largest absolute Gasteiger partial charge is 0.310 e. The average molecular weight is 840 g/mol. The van der Waals surface area contributed by atoms with Crippen molar-refractivity contribution in [2.75, 3.05) is 9.80 Å². The molecule has 0 radical (unpaired) electrons. The molecule has 0 unspecified atom stereocenters. The van der Waals surface area contributed by atoms with Crippen LogP contribution in [0.3, 0.4) is 0 Å². The number of benzene rings is 11. The minimum atomic E-state index is -0.672. The monoisotopic (exact) mass is 839 g/mol. The third-order valence-corrected chi connectivity index (χ3v) is 14.3. The molecule has 0 saturated carbocycles. The highest BCUT2D eigenvalue weighted by molar-refractivity contribution is 6.13. The molecule has 1 aromatic heterocycles. The van der Waals surface area contributed by atoms with Crippen LogP contribution in [0.4, 0.5) is 34.1 Å². The Bertz CT molecular complexity index is 3730. The van der Waals surface area contributed by atoms with Gasteiger partial charge in [-0.2, -0.15) is 0 Å². The summed E-state index contributed by atoms with van der Waals surface area (Å²) in [5.41, 5.74) is 17.3. The molecular weight excluding hydrogens is 799 g/mol. The molecule has 2 heterocycles. The molecule has 0 N–H and O–H groups in total. The van der Waals surface area contributed by atoms with Gasteiger partial charge in [0, 0.05) is 44.9 Å². The summed E-state index contributed by atoms with van der Waals surface area (Å²) in [6, 6.07) is 92.1. The van der Waals surface area contributed by atoms with Crippen LogP contribution in [-0.4, -0.2) is 4.57 Å². The van der Waals surface area contributed by atoms with Gasteiger partial charge in [0.1, 0.15) is 0 Å². The maximum atomic E-state index is 2.53. The van der Waals surface area contributed by atoms with Crippen LogP contribution < -0.4 is 9.80 Å². The lowest BCUT2D eigenvalue weighted by Crippen LogP contribution is -2.33. The van der Waals surface area contributed by atoms with Crippen LogP contribution in [0, 0.1) is 0 Å². The Morgan fingerprint density at radius 3 is 1.35 bits per heavy atom. The summed E-state index contributed by atoms with van der Waals surface area (Å²) in [7, 11) is 0. The van der Waals surface area contributed by atoms with E-state index in [1.807, 2.05) is 0 Å². The third kappa shape index (κ3) is 5.20. The predicted molar refractivity (Wildman–Crippen MR) is 276 cm³/mol. The Balaban J connectivity index is 1.08. The van der Waals surface area contributed by atoms with Crippen LogP contribution >= 0.6 is 0 Å². The molecule has 66 heavy (non-hydrogen) atoms. The molecule has 11 aromatic carbocycles. The van der Waals surface area contributed by atoms with Crippen molar-refractivity contribution in [3.05, 3.63) is 271 Å². The second kappa shape index (κ2) is 14.2. The first kappa shape index (κ1) is 36.8. The standard InChI is InChI=1S/C63H41N3/c1-3-20-46(21-4-1)64(48-32-30-42-16-7-9-18-44(42)38-48)50-34-36-52-53-37-35-51(65(47-22-5-2-6-23-47)49-33-31-43-17-8-10-19-45(43)39-49)41-59(53)63(58(52)40-50)56-26-12-14-29-61(56)66-60-28-13-11-24-54(60)55-25-15-27-57(63)62(55)66/h1-41H. The Morgan fingerprint density at radius 2 is 0.742 bits per heavy atom. The van der Waals surface area contributed by atoms with Gasteiger partial charge in [-0.15, -0.1) is 0 Å². The molecule has 0 fully saturated rings. The highest BCUT2D eigenvalue weighted by atomic mass is 15.1. The number of hydrogen-bond acceptors (Lipinski definition) is 2. The Morgan fingerprint density at radius 1 is 0.288 bits per heavy atom. The summed E-state index contributed by atoms with van der Waals surface area (Å²) in [5, 5.41) is 7.41. The fourth-order valence-electron chi connectivity index (χ4n) is 11.5. The Kier molecular flexibility index (Phi) is 7.90. The molecule has 2 aliphatic rings. The van der Waals surface area contributed by atoms with Crippen molar-refractivity contribution in [3.63, 3.8) is 0 Å². The van der Waals surface area contributed by atoms with E-state index in [4.69, 9.17) is 0 Å². The molecule has 1 spiro atoms. The van der Waals surface area contributed by atoms with Gasteiger partial charge in [0.05, 0.1) is 22.1 Å². The fraction of sp³-hybridized carbons (Fsp3) is 0.0159. The van der Waals surface area contributed by atoms with E-state index in [1.165, 1.54) is 82.4 Å². The minimum absolute atomic E-state index is 0.672. The van der Waals surface area contributed by atoms with Gasteiger partial charge >= 0.3 is 0 Å². The van der Waals surface area contributed by atoms with Gasteiger partial charge in [-0.1, -0.05) is 164 Å². The normalized spacial score (nSPS) is 13.0. The van der Waals surface area contributed by atoms with Gasteiger partial charge in [0.15, 0.2) is 0 Å². The number of rotatable bonds is 6. The first-order valence-corrected chi connectivity index (χ1v) is 22.8. The predicted octanol–water partition coefficient (Wildman–Crippen LogP) is 16.7. The minimum Gasteiger partial charge on any atom is -0.310 e. The van der Waals surface area contributed by atoms with Crippen LogP contribution in [0.2, 0.25) is 0 Å². The van der Waals surface area contributed by atoms with Gasteiger partial charge < -0.3 is 14.4 Å². The molecular formula is C63H41N3.